The highest BCUT2D eigenvalue weighted by atomic mass is 35.5. The maximum absolute atomic E-state index is 13.5. The van der Waals surface area contributed by atoms with Gasteiger partial charge in [0.25, 0.3) is 0 Å². The zero-order valence-electron chi connectivity index (χ0n) is 9.07. The largest absolute Gasteiger partial charge is 0.248 e. The molecule has 0 fully saturated rings. The van der Waals surface area contributed by atoms with Crippen molar-refractivity contribution in [1.29, 1.82) is 0 Å². The predicted molar refractivity (Wildman–Crippen MR) is 64.8 cm³/mol. The van der Waals surface area contributed by atoms with Crippen LogP contribution in [0.15, 0.2) is 24.4 Å². The lowest BCUT2D eigenvalue weighted by molar-refractivity contribution is 0.577. The molecule has 17 heavy (non-hydrogen) atoms. The molecule has 0 aliphatic rings. The molecule has 1 atom stereocenters. The number of hydrogen-bond donors (Lipinski definition) is 0. The fraction of sp³-hybridized carbons (Fsp3) is 0.273. The number of hydrogen-bond acceptors (Lipinski definition) is 2. The van der Waals surface area contributed by atoms with Gasteiger partial charge in [0, 0.05) is 10.6 Å². The topological polar surface area (TPSA) is 30.7 Å². The minimum absolute atomic E-state index is 0.222. The summed E-state index contributed by atoms with van der Waals surface area (Å²) in [5, 5.41) is 7.91. The molecule has 0 saturated heterocycles. The van der Waals surface area contributed by atoms with Crippen LogP contribution < -0.4 is 0 Å². The van der Waals surface area contributed by atoms with Crippen molar-refractivity contribution >= 4 is 23.2 Å². The molecule has 0 spiro atoms. The molecule has 0 amide bonds. The Morgan fingerprint density at radius 3 is 2.82 bits per heavy atom. The van der Waals surface area contributed by atoms with Crippen LogP contribution in [0, 0.1) is 5.82 Å². The third-order valence-corrected chi connectivity index (χ3v) is 2.92. The van der Waals surface area contributed by atoms with Gasteiger partial charge in [0.1, 0.15) is 11.5 Å². The second kappa shape index (κ2) is 5.02. The molecule has 0 radical (unpaired) electrons. The van der Waals surface area contributed by atoms with Crippen molar-refractivity contribution < 1.29 is 4.39 Å². The first-order valence-corrected chi connectivity index (χ1v) is 5.86. The molecule has 1 heterocycles. The zero-order chi connectivity index (χ0) is 12.4. The van der Waals surface area contributed by atoms with Crippen LogP contribution in [0.25, 0.3) is 0 Å². The number of nitrogens with zero attached hydrogens (tertiary/aromatic N) is 3. The number of aromatic nitrogens is 3. The fourth-order valence-corrected chi connectivity index (χ4v) is 1.74. The summed E-state index contributed by atoms with van der Waals surface area (Å²) in [6.07, 6.45) is 1.68. The van der Waals surface area contributed by atoms with Gasteiger partial charge in [-0.3, -0.25) is 0 Å². The molecule has 0 saturated carbocycles. The van der Waals surface area contributed by atoms with Crippen molar-refractivity contribution in [3.05, 3.63) is 46.5 Å². The number of halogens is 3. The summed E-state index contributed by atoms with van der Waals surface area (Å²) in [5.74, 6) is -0.353. The summed E-state index contributed by atoms with van der Waals surface area (Å²) in [7, 11) is 0. The van der Waals surface area contributed by atoms with Crippen molar-refractivity contribution in [1.82, 2.24) is 15.0 Å². The van der Waals surface area contributed by atoms with Crippen molar-refractivity contribution in [2.24, 2.45) is 0 Å². The van der Waals surface area contributed by atoms with Gasteiger partial charge in [-0.1, -0.05) is 22.9 Å². The van der Waals surface area contributed by atoms with Crippen molar-refractivity contribution in [3.63, 3.8) is 0 Å². The summed E-state index contributed by atoms with van der Waals surface area (Å²) in [6, 6.07) is 4.57. The van der Waals surface area contributed by atoms with E-state index in [0.717, 1.165) is 0 Å². The summed E-state index contributed by atoms with van der Waals surface area (Å²) >= 11 is 11.8. The van der Waals surface area contributed by atoms with Crippen molar-refractivity contribution in [2.75, 3.05) is 0 Å². The summed E-state index contributed by atoms with van der Waals surface area (Å²) < 4.78 is 15.0. The Balaban J connectivity index is 2.25. The Bertz CT molecular complexity index is 505. The van der Waals surface area contributed by atoms with Gasteiger partial charge < -0.3 is 0 Å². The monoisotopic (exact) mass is 273 g/mol. The van der Waals surface area contributed by atoms with Gasteiger partial charge in [-0.05, 0) is 19.1 Å². The highest BCUT2D eigenvalue weighted by Gasteiger charge is 2.11. The van der Waals surface area contributed by atoms with Gasteiger partial charge in [-0.15, -0.1) is 16.7 Å². The minimum Gasteiger partial charge on any atom is -0.248 e. The molecule has 2 aromatic rings. The normalized spacial score (nSPS) is 12.7. The van der Waals surface area contributed by atoms with Crippen LogP contribution in [0.3, 0.4) is 0 Å². The Morgan fingerprint density at radius 2 is 2.24 bits per heavy atom. The molecule has 1 aromatic heterocycles. The highest BCUT2D eigenvalue weighted by Crippen LogP contribution is 2.21. The first-order valence-electron chi connectivity index (χ1n) is 5.05. The maximum Gasteiger partial charge on any atom is 0.129 e. The Hall–Kier alpha value is -1.13. The van der Waals surface area contributed by atoms with E-state index in [1.54, 1.807) is 25.3 Å². The van der Waals surface area contributed by atoms with Gasteiger partial charge in [-0.2, -0.15) is 0 Å². The van der Waals surface area contributed by atoms with Gasteiger partial charge in [-0.25, -0.2) is 9.07 Å². The van der Waals surface area contributed by atoms with E-state index < -0.39 is 0 Å². The molecule has 1 unspecified atom stereocenters. The van der Waals surface area contributed by atoms with Crippen LogP contribution in [-0.4, -0.2) is 15.0 Å². The molecule has 90 valence electrons. The van der Waals surface area contributed by atoms with Crippen LogP contribution in [-0.2, 0) is 6.54 Å². The van der Waals surface area contributed by atoms with Crippen LogP contribution in [0.1, 0.15) is 23.6 Å². The number of rotatable bonds is 3. The van der Waals surface area contributed by atoms with Crippen LogP contribution in [0.2, 0.25) is 5.02 Å². The molecule has 6 heteroatoms. The third kappa shape index (κ3) is 2.76. The Morgan fingerprint density at radius 1 is 1.47 bits per heavy atom. The summed E-state index contributed by atoms with van der Waals surface area (Å²) in [6.45, 7) is 2.04. The predicted octanol–water partition coefficient (Wildman–Crippen LogP) is 3.42. The van der Waals surface area contributed by atoms with E-state index in [1.807, 2.05) is 0 Å². The quantitative estimate of drug-likeness (QED) is 0.803. The van der Waals surface area contributed by atoms with Gasteiger partial charge in [0.15, 0.2) is 0 Å². The first-order chi connectivity index (χ1) is 8.08. The van der Waals surface area contributed by atoms with Crippen LogP contribution in [0.4, 0.5) is 4.39 Å². The lowest BCUT2D eigenvalue weighted by Gasteiger charge is -2.04. The second-order valence-electron chi connectivity index (χ2n) is 3.66. The number of alkyl halides is 1. The lowest BCUT2D eigenvalue weighted by Crippen LogP contribution is -2.03. The summed E-state index contributed by atoms with van der Waals surface area (Å²) in [4.78, 5) is 0. The molecule has 3 nitrogen and oxygen atoms in total. The van der Waals surface area contributed by atoms with E-state index in [1.165, 1.54) is 10.7 Å². The van der Waals surface area contributed by atoms with Crippen molar-refractivity contribution in [3.8, 4) is 0 Å². The van der Waals surface area contributed by atoms with Crippen LogP contribution in [0.5, 0.6) is 0 Å². The smallest absolute Gasteiger partial charge is 0.129 e. The highest BCUT2D eigenvalue weighted by molar-refractivity contribution is 6.31. The average molecular weight is 274 g/mol. The second-order valence-corrected chi connectivity index (χ2v) is 4.72. The Labute approximate surface area is 108 Å². The first kappa shape index (κ1) is 12.3. The van der Waals surface area contributed by atoms with E-state index in [4.69, 9.17) is 23.2 Å². The van der Waals surface area contributed by atoms with E-state index in [-0.39, 0.29) is 17.7 Å². The van der Waals surface area contributed by atoms with Gasteiger partial charge in [0.2, 0.25) is 0 Å². The SMILES string of the molecule is CC(Cl)c1cn(Cc2c(F)cccc2Cl)nn1. The van der Waals surface area contributed by atoms with E-state index in [0.29, 0.717) is 16.3 Å². The molecule has 0 N–H and O–H groups in total. The molecule has 2 rings (SSSR count). The summed E-state index contributed by atoms with van der Waals surface area (Å²) in [5.41, 5.74) is 1.05. The molecular weight excluding hydrogens is 264 g/mol. The van der Waals surface area contributed by atoms with Gasteiger partial charge in [0.05, 0.1) is 18.1 Å². The van der Waals surface area contributed by atoms with E-state index >= 15 is 0 Å². The average Bonchev–Trinajstić information content (AvgIpc) is 2.72. The Kier molecular flexibility index (Phi) is 3.64. The molecule has 1 aromatic carbocycles. The van der Waals surface area contributed by atoms with E-state index in [9.17, 15) is 4.39 Å². The standard InChI is InChI=1S/C11H10Cl2FN3/c1-7(12)11-6-17(16-15-11)5-8-9(13)3-2-4-10(8)14/h2-4,6-7H,5H2,1H3. The maximum atomic E-state index is 13.5. The third-order valence-electron chi connectivity index (χ3n) is 2.35. The molecule has 0 aliphatic carbocycles. The van der Waals surface area contributed by atoms with Crippen LogP contribution >= 0.6 is 23.2 Å². The molecular formula is C11H10Cl2FN3. The fourth-order valence-electron chi connectivity index (χ4n) is 1.42. The van der Waals surface area contributed by atoms with E-state index in [2.05, 4.69) is 10.3 Å². The molecule has 0 bridgehead atoms. The number of benzene rings is 1. The molecule has 0 aliphatic heterocycles. The minimum atomic E-state index is -0.353. The zero-order valence-corrected chi connectivity index (χ0v) is 10.6. The van der Waals surface area contributed by atoms with Crippen molar-refractivity contribution in [2.45, 2.75) is 18.8 Å². The van der Waals surface area contributed by atoms with Gasteiger partial charge >= 0.3 is 0 Å². The lowest BCUT2D eigenvalue weighted by atomic mass is 10.2.